The van der Waals surface area contributed by atoms with Crippen molar-refractivity contribution in [3.05, 3.63) is 76.1 Å². The van der Waals surface area contributed by atoms with Crippen LogP contribution in [0.4, 0.5) is 42.8 Å². The Balaban J connectivity index is 1.75. The fourth-order valence-electron chi connectivity index (χ4n) is 5.29. The molecule has 0 fully saturated rings. The number of anilines is 2. The molecule has 4 rings (SSSR count). The van der Waals surface area contributed by atoms with E-state index in [1.807, 2.05) is 0 Å². The standard InChI is InChI=1S/C33H33F6N5O6/c1-4-22-14-24(23-13-20(32(34,35)36)5-6-26(23)44(22)30(48)50-17-31(2,3)28(46)47)42-29-41-16-27(49-8-7-45)25(43-29)12-18-9-19(15-40)11-21(10-18)33(37,38)39/h5-6,9-11,13,16,22,24,45H,4,7-8,12,14,17H2,1-3H3,(H,46,47)(H,41,42,43)/t22-,24+/m1/s1. The van der Waals surface area contributed by atoms with Crippen LogP contribution < -0.4 is 15.0 Å². The van der Waals surface area contributed by atoms with E-state index in [0.717, 1.165) is 24.3 Å². The number of aliphatic hydroxyl groups excluding tert-OH is 1. The molecule has 1 aromatic heterocycles. The molecule has 11 nitrogen and oxygen atoms in total. The fourth-order valence-corrected chi connectivity index (χ4v) is 5.29. The van der Waals surface area contributed by atoms with Crippen LogP contribution >= 0.6 is 0 Å². The van der Waals surface area contributed by atoms with Crippen molar-refractivity contribution in [3.63, 3.8) is 0 Å². The number of ether oxygens (including phenoxy) is 2. The molecule has 1 aliphatic heterocycles. The molecule has 0 spiro atoms. The number of carboxylic acid groups (broad SMARTS) is 1. The average molecular weight is 710 g/mol. The molecule has 17 heteroatoms. The second kappa shape index (κ2) is 14.8. The second-order valence-electron chi connectivity index (χ2n) is 12.2. The predicted octanol–water partition coefficient (Wildman–Crippen LogP) is 6.74. The van der Waals surface area contributed by atoms with Gasteiger partial charge in [0.25, 0.3) is 0 Å². The number of amides is 1. The minimum absolute atomic E-state index is 0.00793. The maximum Gasteiger partial charge on any atom is 0.416 e. The van der Waals surface area contributed by atoms with Gasteiger partial charge in [-0.1, -0.05) is 6.92 Å². The van der Waals surface area contributed by atoms with Gasteiger partial charge in [-0.15, -0.1) is 0 Å². The van der Waals surface area contributed by atoms with Gasteiger partial charge in [0.15, 0.2) is 5.75 Å². The Morgan fingerprint density at radius 3 is 2.38 bits per heavy atom. The molecule has 50 heavy (non-hydrogen) atoms. The first kappa shape index (κ1) is 37.7. The zero-order chi connectivity index (χ0) is 37.0. The van der Waals surface area contributed by atoms with Crippen molar-refractivity contribution in [3.8, 4) is 11.8 Å². The number of halogens is 6. The van der Waals surface area contributed by atoms with Crippen LogP contribution in [-0.4, -0.2) is 58.1 Å². The van der Waals surface area contributed by atoms with Crippen molar-refractivity contribution in [1.82, 2.24) is 9.97 Å². The monoisotopic (exact) mass is 709 g/mol. The number of alkyl halides is 6. The first-order valence-corrected chi connectivity index (χ1v) is 15.3. The summed E-state index contributed by atoms with van der Waals surface area (Å²) in [4.78, 5) is 34.7. The molecular formula is C33H33F6N5O6. The Morgan fingerprint density at radius 2 is 1.78 bits per heavy atom. The van der Waals surface area contributed by atoms with Crippen LogP contribution in [0.25, 0.3) is 0 Å². The molecule has 3 N–H and O–H groups in total. The van der Waals surface area contributed by atoms with E-state index in [2.05, 4.69) is 15.3 Å². The Labute approximate surface area is 282 Å². The quantitative estimate of drug-likeness (QED) is 0.182. The van der Waals surface area contributed by atoms with Crippen molar-refractivity contribution in [1.29, 1.82) is 5.26 Å². The van der Waals surface area contributed by atoms with Gasteiger partial charge in [0, 0.05) is 12.5 Å². The van der Waals surface area contributed by atoms with Gasteiger partial charge in [0.05, 0.1) is 58.4 Å². The third kappa shape index (κ3) is 8.72. The highest BCUT2D eigenvalue weighted by Crippen LogP contribution is 2.43. The van der Waals surface area contributed by atoms with E-state index in [1.54, 1.807) is 13.0 Å². The molecule has 2 aromatic carbocycles. The molecule has 0 aliphatic carbocycles. The summed E-state index contributed by atoms with van der Waals surface area (Å²) in [6.45, 7) is 3.32. The number of nitrogens with zero attached hydrogens (tertiary/aromatic N) is 4. The number of benzene rings is 2. The maximum atomic E-state index is 13.9. The van der Waals surface area contributed by atoms with Gasteiger partial charge in [-0.25, -0.2) is 14.8 Å². The second-order valence-corrected chi connectivity index (χ2v) is 12.2. The summed E-state index contributed by atoms with van der Waals surface area (Å²) < 4.78 is 93.1. The third-order valence-electron chi connectivity index (χ3n) is 7.97. The Hall–Kier alpha value is -5.11. The summed E-state index contributed by atoms with van der Waals surface area (Å²) >= 11 is 0. The molecule has 0 radical (unpaired) electrons. The number of carboxylic acids is 1. The van der Waals surface area contributed by atoms with E-state index in [-0.39, 0.29) is 59.2 Å². The first-order valence-electron chi connectivity index (χ1n) is 15.3. The lowest BCUT2D eigenvalue weighted by atomic mass is 9.89. The van der Waals surface area contributed by atoms with E-state index in [1.165, 1.54) is 31.0 Å². The first-order chi connectivity index (χ1) is 23.4. The van der Waals surface area contributed by atoms with E-state index in [4.69, 9.17) is 9.47 Å². The van der Waals surface area contributed by atoms with Gasteiger partial charge in [-0.2, -0.15) is 31.6 Å². The molecule has 0 bridgehead atoms. The molecule has 268 valence electrons. The Morgan fingerprint density at radius 1 is 1.08 bits per heavy atom. The number of hydrogen-bond acceptors (Lipinski definition) is 9. The lowest BCUT2D eigenvalue weighted by Gasteiger charge is -2.40. The normalized spacial score (nSPS) is 16.3. The molecule has 3 aromatic rings. The SMILES string of the molecule is CC[C@@H]1C[C@H](Nc2ncc(OCCO)c(Cc3cc(C#N)cc(C(F)(F)F)c3)n2)c2cc(C(F)(F)F)ccc2N1C(=O)OCC(C)(C)C(=O)O. The summed E-state index contributed by atoms with van der Waals surface area (Å²) in [6, 6.07) is 5.72. The van der Waals surface area contributed by atoms with Crippen LogP contribution in [0.5, 0.6) is 5.75 Å². The highest BCUT2D eigenvalue weighted by Gasteiger charge is 2.40. The van der Waals surface area contributed by atoms with E-state index in [9.17, 15) is 51.4 Å². The minimum atomic E-state index is -4.75. The molecule has 1 amide bonds. The fraction of sp³-hybridized carbons (Fsp3) is 0.424. The number of aliphatic hydroxyl groups is 1. The third-order valence-corrected chi connectivity index (χ3v) is 7.97. The van der Waals surface area contributed by atoms with Crippen molar-refractivity contribution in [2.45, 2.75) is 64.5 Å². The number of carbonyl (C=O) groups excluding carboxylic acids is 1. The largest absolute Gasteiger partial charge is 0.488 e. The lowest BCUT2D eigenvalue weighted by molar-refractivity contribution is -0.149. The lowest BCUT2D eigenvalue weighted by Crippen LogP contribution is -2.47. The number of aromatic nitrogens is 2. The van der Waals surface area contributed by atoms with Crippen LogP contribution in [0.15, 0.2) is 42.6 Å². The summed E-state index contributed by atoms with van der Waals surface area (Å²) in [5, 5.41) is 31.0. The zero-order valence-electron chi connectivity index (χ0n) is 27.0. The van der Waals surface area contributed by atoms with Gasteiger partial charge in [0.1, 0.15) is 13.2 Å². The van der Waals surface area contributed by atoms with Crippen LogP contribution in [0.2, 0.25) is 0 Å². The number of hydrogen-bond donors (Lipinski definition) is 3. The van der Waals surface area contributed by atoms with E-state index >= 15 is 0 Å². The molecule has 0 saturated carbocycles. The number of nitrogens with one attached hydrogen (secondary N) is 1. The summed E-state index contributed by atoms with van der Waals surface area (Å²) in [6.07, 6.45) is -9.19. The van der Waals surface area contributed by atoms with Gasteiger partial charge < -0.3 is 25.0 Å². The van der Waals surface area contributed by atoms with Crippen molar-refractivity contribution < 1.29 is 55.6 Å². The number of carbonyl (C=O) groups is 2. The minimum Gasteiger partial charge on any atom is -0.488 e. The van der Waals surface area contributed by atoms with Crippen molar-refractivity contribution in [2.24, 2.45) is 5.41 Å². The molecule has 2 atom stereocenters. The van der Waals surface area contributed by atoms with Crippen LogP contribution in [-0.2, 0) is 28.3 Å². The van der Waals surface area contributed by atoms with E-state index < -0.39 is 66.3 Å². The van der Waals surface area contributed by atoms with Crippen LogP contribution in [0.1, 0.15) is 73.2 Å². The highest BCUT2D eigenvalue weighted by molar-refractivity contribution is 5.91. The predicted molar refractivity (Wildman–Crippen MR) is 165 cm³/mol. The Kier molecular flexibility index (Phi) is 11.2. The van der Waals surface area contributed by atoms with Crippen LogP contribution in [0, 0.1) is 16.7 Å². The molecule has 1 aliphatic rings. The van der Waals surface area contributed by atoms with Crippen molar-refractivity contribution in [2.75, 3.05) is 30.0 Å². The maximum absolute atomic E-state index is 13.9. The molecular weight excluding hydrogens is 676 g/mol. The van der Waals surface area contributed by atoms with Crippen molar-refractivity contribution >= 4 is 23.7 Å². The number of nitriles is 1. The molecule has 2 heterocycles. The van der Waals surface area contributed by atoms with E-state index in [0.29, 0.717) is 12.5 Å². The highest BCUT2D eigenvalue weighted by atomic mass is 19.4. The molecule has 0 saturated heterocycles. The van der Waals surface area contributed by atoms with Gasteiger partial charge in [-0.05, 0) is 74.2 Å². The smallest absolute Gasteiger partial charge is 0.416 e. The Bertz CT molecular complexity index is 1780. The van der Waals surface area contributed by atoms with Crippen LogP contribution in [0.3, 0.4) is 0 Å². The number of rotatable bonds is 11. The summed E-state index contributed by atoms with van der Waals surface area (Å²) in [7, 11) is 0. The summed E-state index contributed by atoms with van der Waals surface area (Å²) in [5.41, 5.74) is -3.55. The number of fused-ring (bicyclic) bond motifs is 1. The zero-order valence-corrected chi connectivity index (χ0v) is 27.0. The van der Waals surface area contributed by atoms with Gasteiger partial charge in [0.2, 0.25) is 5.95 Å². The summed E-state index contributed by atoms with van der Waals surface area (Å²) in [5.74, 6) is -1.35. The van der Waals surface area contributed by atoms with Gasteiger partial charge >= 0.3 is 24.4 Å². The molecule has 0 unspecified atom stereocenters. The average Bonchev–Trinajstić information content (AvgIpc) is 3.05. The number of aliphatic carboxylic acids is 1. The van der Waals surface area contributed by atoms with Gasteiger partial charge in [-0.3, -0.25) is 9.69 Å². The topological polar surface area (TPSA) is 158 Å².